The first kappa shape index (κ1) is 14.5. The number of nitrogens with one attached hydrogen (secondary N) is 1. The summed E-state index contributed by atoms with van der Waals surface area (Å²) in [5.41, 5.74) is 0.543. The zero-order chi connectivity index (χ0) is 14.8. The molecule has 0 bridgehead atoms. The molecule has 3 rings (SSSR count). The van der Waals surface area contributed by atoms with Crippen molar-refractivity contribution in [1.29, 1.82) is 0 Å². The summed E-state index contributed by atoms with van der Waals surface area (Å²) in [5, 5.41) is 7.90. The summed E-state index contributed by atoms with van der Waals surface area (Å²) in [6.07, 6.45) is 4.21. The van der Waals surface area contributed by atoms with Crippen LogP contribution >= 0.6 is 0 Å². The Morgan fingerprint density at radius 2 is 2.14 bits per heavy atom. The Bertz CT molecular complexity index is 486. The number of hydrogen-bond acceptors (Lipinski definition) is 4. The van der Waals surface area contributed by atoms with Crippen LogP contribution in [0.1, 0.15) is 43.2 Å². The molecule has 0 saturated carbocycles. The van der Waals surface area contributed by atoms with Gasteiger partial charge in [0.2, 0.25) is 0 Å². The van der Waals surface area contributed by atoms with Gasteiger partial charge in [-0.15, -0.1) is 0 Å². The van der Waals surface area contributed by atoms with Crippen molar-refractivity contribution >= 4 is 5.91 Å². The third kappa shape index (κ3) is 2.96. The second kappa shape index (κ2) is 6.15. The van der Waals surface area contributed by atoms with Gasteiger partial charge in [0.05, 0.1) is 31.3 Å². The molecule has 3 unspecified atom stereocenters. The van der Waals surface area contributed by atoms with Gasteiger partial charge in [0.25, 0.3) is 5.91 Å². The Hall–Kier alpha value is -1.40. The van der Waals surface area contributed by atoms with Gasteiger partial charge in [0, 0.05) is 12.7 Å². The summed E-state index contributed by atoms with van der Waals surface area (Å²) in [6.45, 7) is 7.25. The van der Waals surface area contributed by atoms with E-state index in [0.29, 0.717) is 24.9 Å². The van der Waals surface area contributed by atoms with Crippen molar-refractivity contribution in [1.82, 2.24) is 20.0 Å². The largest absolute Gasteiger partial charge is 0.377 e. The van der Waals surface area contributed by atoms with E-state index in [2.05, 4.69) is 10.4 Å². The van der Waals surface area contributed by atoms with Crippen LogP contribution in [0.2, 0.25) is 0 Å². The molecule has 0 radical (unpaired) electrons. The van der Waals surface area contributed by atoms with E-state index in [1.165, 1.54) is 0 Å². The highest BCUT2D eigenvalue weighted by Gasteiger charge is 2.31. The summed E-state index contributed by atoms with van der Waals surface area (Å²) in [6, 6.07) is 2.40. The Kier molecular flexibility index (Phi) is 4.26. The predicted octanol–water partition coefficient (Wildman–Crippen LogP) is 1.06. The molecule has 6 nitrogen and oxygen atoms in total. The SMILES string of the molecule is CC1COCC(C)N1C(=O)c1ccn(C2CCCNC2)n1. The fourth-order valence-electron chi connectivity index (χ4n) is 3.25. The van der Waals surface area contributed by atoms with Crippen molar-refractivity contribution in [2.75, 3.05) is 26.3 Å². The lowest BCUT2D eigenvalue weighted by Gasteiger charge is -2.38. The molecule has 3 heterocycles. The summed E-state index contributed by atoms with van der Waals surface area (Å²) < 4.78 is 7.42. The number of rotatable bonds is 2. The maximum absolute atomic E-state index is 12.7. The normalized spacial score (nSPS) is 30.4. The van der Waals surface area contributed by atoms with Crippen LogP contribution in [0, 0.1) is 0 Å². The molecular formula is C15H24N4O2. The molecule has 3 atom stereocenters. The molecule has 1 amide bonds. The molecular weight excluding hydrogens is 268 g/mol. The average Bonchev–Trinajstić information content (AvgIpc) is 2.97. The van der Waals surface area contributed by atoms with Crippen LogP contribution < -0.4 is 5.32 Å². The number of hydrogen-bond donors (Lipinski definition) is 1. The van der Waals surface area contributed by atoms with Crippen molar-refractivity contribution in [3.63, 3.8) is 0 Å². The fraction of sp³-hybridized carbons (Fsp3) is 0.733. The molecule has 6 heteroatoms. The summed E-state index contributed by atoms with van der Waals surface area (Å²) in [4.78, 5) is 14.6. The van der Waals surface area contributed by atoms with E-state index in [1.807, 2.05) is 35.7 Å². The number of ether oxygens (including phenoxy) is 1. The molecule has 2 fully saturated rings. The van der Waals surface area contributed by atoms with E-state index < -0.39 is 0 Å². The maximum atomic E-state index is 12.7. The monoisotopic (exact) mass is 292 g/mol. The lowest BCUT2D eigenvalue weighted by atomic mass is 10.1. The molecule has 1 N–H and O–H groups in total. The van der Waals surface area contributed by atoms with E-state index in [0.717, 1.165) is 25.9 Å². The van der Waals surface area contributed by atoms with Gasteiger partial charge >= 0.3 is 0 Å². The lowest BCUT2D eigenvalue weighted by molar-refractivity contribution is -0.0252. The quantitative estimate of drug-likeness (QED) is 0.885. The van der Waals surface area contributed by atoms with Gasteiger partial charge in [0.1, 0.15) is 5.69 Å². The molecule has 1 aromatic rings. The van der Waals surface area contributed by atoms with Crippen molar-refractivity contribution in [3.05, 3.63) is 18.0 Å². The van der Waals surface area contributed by atoms with Crippen LogP contribution in [0.4, 0.5) is 0 Å². The Labute approximate surface area is 125 Å². The second-order valence-electron chi connectivity index (χ2n) is 6.13. The number of carbonyl (C=O) groups excluding carboxylic acids is 1. The third-order valence-corrected chi connectivity index (χ3v) is 4.37. The Balaban J connectivity index is 1.74. The first-order valence-corrected chi connectivity index (χ1v) is 7.83. The van der Waals surface area contributed by atoms with E-state index in [9.17, 15) is 4.79 Å². The number of amides is 1. The topological polar surface area (TPSA) is 59.4 Å². The number of nitrogens with zero attached hydrogens (tertiary/aromatic N) is 3. The predicted molar refractivity (Wildman–Crippen MR) is 79.3 cm³/mol. The van der Waals surface area contributed by atoms with E-state index in [-0.39, 0.29) is 18.0 Å². The van der Waals surface area contributed by atoms with Gasteiger partial charge in [-0.05, 0) is 39.3 Å². The molecule has 116 valence electrons. The highest BCUT2D eigenvalue weighted by molar-refractivity contribution is 5.92. The average molecular weight is 292 g/mol. The van der Waals surface area contributed by atoms with Gasteiger partial charge in [-0.25, -0.2) is 0 Å². The van der Waals surface area contributed by atoms with Crippen LogP contribution in [-0.4, -0.2) is 59.0 Å². The minimum Gasteiger partial charge on any atom is -0.377 e. The zero-order valence-electron chi connectivity index (χ0n) is 12.8. The van der Waals surface area contributed by atoms with Crippen molar-refractivity contribution < 1.29 is 9.53 Å². The summed E-state index contributed by atoms with van der Waals surface area (Å²) in [5.74, 6) is 0.0146. The third-order valence-electron chi connectivity index (χ3n) is 4.37. The fourth-order valence-corrected chi connectivity index (χ4v) is 3.25. The van der Waals surface area contributed by atoms with Crippen LogP contribution in [-0.2, 0) is 4.74 Å². The van der Waals surface area contributed by atoms with Gasteiger partial charge < -0.3 is 15.0 Å². The molecule has 2 aliphatic heterocycles. The molecule has 0 spiro atoms. The van der Waals surface area contributed by atoms with Crippen molar-refractivity contribution in [3.8, 4) is 0 Å². The van der Waals surface area contributed by atoms with Crippen LogP contribution in [0.15, 0.2) is 12.3 Å². The molecule has 2 aliphatic rings. The minimum atomic E-state index is 0.0146. The summed E-state index contributed by atoms with van der Waals surface area (Å²) >= 11 is 0. The standard InChI is InChI=1S/C15H24N4O2/c1-11-9-21-10-12(2)19(11)15(20)14-5-7-18(17-14)13-4-3-6-16-8-13/h5,7,11-13,16H,3-4,6,8-10H2,1-2H3. The van der Waals surface area contributed by atoms with Crippen LogP contribution in [0.25, 0.3) is 0 Å². The first-order valence-electron chi connectivity index (χ1n) is 7.83. The highest BCUT2D eigenvalue weighted by Crippen LogP contribution is 2.19. The number of carbonyl (C=O) groups is 1. The smallest absolute Gasteiger partial charge is 0.274 e. The minimum absolute atomic E-state index is 0.0146. The van der Waals surface area contributed by atoms with Crippen LogP contribution in [0.3, 0.4) is 0 Å². The van der Waals surface area contributed by atoms with Crippen LogP contribution in [0.5, 0.6) is 0 Å². The number of morpholine rings is 1. The molecule has 0 aliphatic carbocycles. The van der Waals surface area contributed by atoms with Gasteiger partial charge in [-0.3, -0.25) is 9.48 Å². The van der Waals surface area contributed by atoms with Gasteiger partial charge in [-0.2, -0.15) is 5.10 Å². The molecule has 0 aromatic carbocycles. The molecule has 21 heavy (non-hydrogen) atoms. The Morgan fingerprint density at radius 1 is 1.38 bits per heavy atom. The highest BCUT2D eigenvalue weighted by atomic mass is 16.5. The number of aromatic nitrogens is 2. The van der Waals surface area contributed by atoms with E-state index >= 15 is 0 Å². The second-order valence-corrected chi connectivity index (χ2v) is 6.13. The number of piperidine rings is 1. The lowest BCUT2D eigenvalue weighted by Crippen LogP contribution is -2.52. The molecule has 1 aromatic heterocycles. The van der Waals surface area contributed by atoms with Gasteiger partial charge in [0.15, 0.2) is 0 Å². The van der Waals surface area contributed by atoms with E-state index in [1.54, 1.807) is 0 Å². The Morgan fingerprint density at radius 3 is 2.81 bits per heavy atom. The molecule has 2 saturated heterocycles. The van der Waals surface area contributed by atoms with Crippen molar-refractivity contribution in [2.24, 2.45) is 0 Å². The summed E-state index contributed by atoms with van der Waals surface area (Å²) in [7, 11) is 0. The van der Waals surface area contributed by atoms with Crippen molar-refractivity contribution in [2.45, 2.75) is 44.8 Å². The van der Waals surface area contributed by atoms with Gasteiger partial charge in [-0.1, -0.05) is 0 Å². The van der Waals surface area contributed by atoms with E-state index in [4.69, 9.17) is 4.74 Å². The maximum Gasteiger partial charge on any atom is 0.274 e. The zero-order valence-corrected chi connectivity index (χ0v) is 12.8. The first-order chi connectivity index (χ1) is 10.2.